The van der Waals surface area contributed by atoms with Crippen molar-refractivity contribution >= 4 is 50.1 Å². The molecule has 7 rings (SSSR count). The summed E-state index contributed by atoms with van der Waals surface area (Å²) in [4.78, 5) is 19.9. The van der Waals surface area contributed by atoms with Crippen molar-refractivity contribution in [3.63, 3.8) is 0 Å². The number of nitrogens with zero attached hydrogens (tertiary/aromatic N) is 3. The molecule has 15 nitrogen and oxygen atoms in total. The molecule has 0 bridgehead atoms. The molecule has 3 N–H and O–H groups in total. The Bertz CT molecular complexity index is 2660. The zero-order valence-corrected chi connectivity index (χ0v) is 39.9. The Hall–Kier alpha value is -5.75. The van der Waals surface area contributed by atoms with Crippen molar-refractivity contribution in [3.05, 3.63) is 113 Å². The van der Waals surface area contributed by atoms with E-state index in [1.54, 1.807) is 19.2 Å². The number of carbonyl (C=O) groups excluding carboxylic acids is 1. The number of rotatable bonds is 22. The monoisotopic (exact) mass is 940 g/mol. The van der Waals surface area contributed by atoms with E-state index in [4.69, 9.17) is 28.5 Å². The summed E-state index contributed by atoms with van der Waals surface area (Å²) in [6.45, 7) is 15.2. The molecule has 0 aliphatic carbocycles. The maximum atomic E-state index is 12.6. The van der Waals surface area contributed by atoms with Gasteiger partial charge in [0.05, 0.1) is 62.1 Å². The van der Waals surface area contributed by atoms with Crippen molar-refractivity contribution in [1.82, 2.24) is 4.73 Å². The molecule has 358 valence electrons. The molecule has 1 aromatic heterocycles. The van der Waals surface area contributed by atoms with Crippen LogP contribution < -0.4 is 14.5 Å². The number of aromatic hydroxyl groups is 2. The summed E-state index contributed by atoms with van der Waals surface area (Å²) in [5.41, 5.74) is 7.32. The molecule has 0 radical (unpaired) electrons. The molecule has 0 atom stereocenters. The zero-order valence-electron chi connectivity index (χ0n) is 39.1. The zero-order chi connectivity index (χ0) is 47.9. The van der Waals surface area contributed by atoms with E-state index in [1.807, 2.05) is 44.2 Å². The fourth-order valence-electron chi connectivity index (χ4n) is 8.92. The van der Waals surface area contributed by atoms with Crippen molar-refractivity contribution in [2.75, 3.05) is 71.3 Å². The van der Waals surface area contributed by atoms with Crippen LogP contribution >= 0.6 is 0 Å². The molecule has 0 unspecified atom stereocenters. The summed E-state index contributed by atoms with van der Waals surface area (Å²) in [6, 6.07) is 21.4. The summed E-state index contributed by atoms with van der Waals surface area (Å²) in [5, 5.41) is 19.8. The first-order valence-electron chi connectivity index (χ1n) is 22.6. The Morgan fingerprint density at radius 3 is 2.16 bits per heavy atom. The number of anilines is 1. The Morgan fingerprint density at radius 1 is 0.821 bits per heavy atom. The standard InChI is InChI=1S/C51H61N3O12S/c1-35-34-50(2,3)53(21-22-62-25-26-64-28-27-63-24-23-61-6)43-33-45-40(32-39(35)43)37(29-44(65-45)36-13-9-7-10-14-36)30-46-51(4,5)41-31-38(67(58,59)60)16-17-42(41)52(46)20-12-8-11-15-49(57)66-54-47(55)18-19-48(54)56/h7,9-10,13-14,16-19,29-34H,8,11-12,15,20-28H2,1-6H3,(H2-,55,56,58,59,60)/p+1. The van der Waals surface area contributed by atoms with Crippen LogP contribution in [0.15, 0.2) is 95.9 Å². The normalized spacial score (nSPS) is 16.6. The minimum absolute atomic E-state index is 0.0582. The lowest BCUT2D eigenvalue weighted by molar-refractivity contribution is -0.438. The van der Waals surface area contributed by atoms with Crippen molar-refractivity contribution in [2.45, 2.75) is 76.2 Å². The molecular formula is C51H62N3O12S+. The maximum Gasteiger partial charge on any atom is 0.333 e. The second kappa shape index (κ2) is 21.0. The molecule has 4 aromatic rings. The van der Waals surface area contributed by atoms with E-state index < -0.39 is 21.5 Å². The van der Waals surface area contributed by atoms with Crippen LogP contribution in [0.2, 0.25) is 0 Å². The highest BCUT2D eigenvalue weighted by Gasteiger charge is 2.46. The number of carbonyl (C=O) groups is 1. The van der Waals surface area contributed by atoms with Gasteiger partial charge in [-0.25, -0.2) is 4.79 Å². The first kappa shape index (κ1) is 49.2. The van der Waals surface area contributed by atoms with Crippen molar-refractivity contribution in [1.29, 1.82) is 0 Å². The van der Waals surface area contributed by atoms with Crippen LogP contribution in [0.4, 0.5) is 11.4 Å². The SMILES string of the molecule is COCCOCCOCCOCCN1c2cc3c(cc2C(C)=CC1(C)C)C(=CC1=[N+](CCCCCC(=O)On2c(O)ccc2O)c2ccc(S(=O)(=O)O)cc2C1(C)C)C=C(c1ccccc1)O3. The molecule has 3 aliphatic heterocycles. The molecule has 4 heterocycles. The number of unbranched alkanes of at least 4 members (excludes halogenated alkanes) is 2. The molecule has 3 aliphatic rings. The van der Waals surface area contributed by atoms with Crippen LogP contribution in [0.5, 0.6) is 17.5 Å². The molecule has 0 saturated carbocycles. The molecule has 67 heavy (non-hydrogen) atoms. The van der Waals surface area contributed by atoms with Crippen molar-refractivity contribution in [3.8, 4) is 17.5 Å². The second-order valence-electron chi connectivity index (χ2n) is 17.8. The topological polar surface area (TPSA) is 178 Å². The fraction of sp³-hybridized carbons (Fsp3) is 0.412. The maximum absolute atomic E-state index is 12.6. The van der Waals surface area contributed by atoms with E-state index in [0.29, 0.717) is 94.8 Å². The summed E-state index contributed by atoms with van der Waals surface area (Å²) >= 11 is 0. The Labute approximate surface area is 392 Å². The minimum Gasteiger partial charge on any atom is -0.492 e. The quantitative estimate of drug-likeness (QED) is 0.0393. The van der Waals surface area contributed by atoms with Gasteiger partial charge >= 0.3 is 5.97 Å². The third kappa shape index (κ3) is 11.3. The number of fused-ring (bicyclic) bond motifs is 3. The molecular weight excluding hydrogens is 879 g/mol. The summed E-state index contributed by atoms with van der Waals surface area (Å²) in [5.74, 6) is -0.0223. The van der Waals surface area contributed by atoms with Gasteiger partial charge in [0.25, 0.3) is 10.1 Å². The molecule has 0 fully saturated rings. The Morgan fingerprint density at radius 2 is 1.49 bits per heavy atom. The van der Waals surface area contributed by atoms with E-state index in [9.17, 15) is 28.0 Å². The fourth-order valence-corrected chi connectivity index (χ4v) is 9.42. The molecule has 0 saturated heterocycles. The van der Waals surface area contributed by atoms with E-state index >= 15 is 0 Å². The molecule has 16 heteroatoms. The number of methoxy groups -OCH3 is 1. The van der Waals surface area contributed by atoms with Gasteiger partial charge in [-0.3, -0.25) is 4.55 Å². The molecule has 0 spiro atoms. The van der Waals surface area contributed by atoms with Gasteiger partial charge in [0, 0.05) is 84.8 Å². The molecule has 3 aromatic carbocycles. The lowest BCUT2D eigenvalue weighted by Crippen LogP contribution is -2.47. The largest absolute Gasteiger partial charge is 0.492 e. The van der Waals surface area contributed by atoms with Crippen LogP contribution in [0.3, 0.4) is 0 Å². The lowest BCUT2D eigenvalue weighted by Gasteiger charge is -2.44. The van der Waals surface area contributed by atoms with Gasteiger partial charge in [-0.05, 0) is 82.9 Å². The van der Waals surface area contributed by atoms with Gasteiger partial charge in [-0.15, -0.1) is 4.73 Å². The van der Waals surface area contributed by atoms with E-state index in [0.717, 1.165) is 50.5 Å². The summed E-state index contributed by atoms with van der Waals surface area (Å²) in [6.07, 6.45) is 8.32. The Balaban J connectivity index is 1.19. The smallest absolute Gasteiger partial charge is 0.333 e. The van der Waals surface area contributed by atoms with E-state index in [2.05, 4.69) is 60.6 Å². The van der Waals surface area contributed by atoms with Crippen LogP contribution in [0.1, 0.15) is 82.6 Å². The van der Waals surface area contributed by atoms with Crippen molar-refractivity contribution < 1.29 is 61.1 Å². The first-order chi connectivity index (χ1) is 32.0. The third-order valence-corrected chi connectivity index (χ3v) is 13.1. The highest BCUT2D eigenvalue weighted by Crippen LogP contribution is 2.48. The highest BCUT2D eigenvalue weighted by molar-refractivity contribution is 7.85. The van der Waals surface area contributed by atoms with Gasteiger partial charge in [0.2, 0.25) is 17.4 Å². The number of aromatic nitrogens is 1. The van der Waals surface area contributed by atoms with E-state index in [-0.39, 0.29) is 28.6 Å². The minimum atomic E-state index is -4.49. The summed E-state index contributed by atoms with van der Waals surface area (Å²) in [7, 11) is -2.85. The van der Waals surface area contributed by atoms with Gasteiger partial charge in [0.15, 0.2) is 5.71 Å². The van der Waals surface area contributed by atoms with Gasteiger partial charge in [-0.1, -0.05) is 36.4 Å². The average molecular weight is 941 g/mol. The van der Waals surface area contributed by atoms with Crippen LogP contribution in [-0.2, 0) is 39.3 Å². The predicted molar refractivity (Wildman–Crippen MR) is 256 cm³/mol. The molecule has 0 amide bonds. The first-order valence-corrected chi connectivity index (χ1v) is 24.1. The van der Waals surface area contributed by atoms with Crippen LogP contribution in [-0.4, -0.2) is 116 Å². The number of benzene rings is 3. The van der Waals surface area contributed by atoms with Crippen molar-refractivity contribution in [2.24, 2.45) is 0 Å². The van der Waals surface area contributed by atoms with Gasteiger partial charge in [-0.2, -0.15) is 13.0 Å². The number of hydrogen-bond donors (Lipinski definition) is 3. The second-order valence-corrected chi connectivity index (χ2v) is 19.3. The number of hydrogen-bond acceptors (Lipinski definition) is 12. The number of ether oxygens (including phenoxy) is 5. The highest BCUT2D eigenvalue weighted by atomic mass is 32.2. The van der Waals surface area contributed by atoms with Crippen LogP contribution in [0.25, 0.3) is 16.9 Å². The predicted octanol–water partition coefficient (Wildman–Crippen LogP) is 7.95. The van der Waals surface area contributed by atoms with E-state index in [1.165, 1.54) is 18.2 Å². The summed E-state index contributed by atoms with van der Waals surface area (Å²) < 4.78 is 66.9. The third-order valence-electron chi connectivity index (χ3n) is 12.3. The lowest BCUT2D eigenvalue weighted by atomic mass is 9.80. The number of allylic oxidation sites excluding steroid dienone is 4. The van der Waals surface area contributed by atoms with Crippen LogP contribution in [0, 0.1) is 0 Å². The van der Waals surface area contributed by atoms with Gasteiger partial charge < -0.3 is 43.6 Å². The van der Waals surface area contributed by atoms with Gasteiger partial charge in [0.1, 0.15) is 18.1 Å². The average Bonchev–Trinajstić information content (AvgIpc) is 3.71. The Kier molecular flexibility index (Phi) is 15.4.